The van der Waals surface area contributed by atoms with Crippen molar-refractivity contribution in [3.8, 4) is 28.6 Å². The van der Waals surface area contributed by atoms with E-state index in [1.165, 1.54) is 27.1 Å². The van der Waals surface area contributed by atoms with Crippen LogP contribution in [0.25, 0.3) is 71.0 Å². The smallest absolute Gasteiger partial charge is 0.187 e. The molecule has 0 saturated heterocycles. The number of nitrogens with zero attached hydrogens (tertiary/aromatic N) is 5. The summed E-state index contributed by atoms with van der Waals surface area (Å²) < 4.78 is 4.77. The van der Waals surface area contributed by atoms with Gasteiger partial charge in [-0.05, 0) is 85.6 Å². The number of benzene rings is 6. The number of rotatable bonds is 3. The van der Waals surface area contributed by atoms with Gasteiger partial charge in [-0.15, -0.1) is 0 Å². The maximum Gasteiger partial charge on any atom is 0.187 e. The zero-order chi connectivity index (χ0) is 31.1. The van der Waals surface area contributed by atoms with Crippen LogP contribution in [-0.2, 0) is 0 Å². The summed E-state index contributed by atoms with van der Waals surface area (Å²) in [5, 5.41) is 14.7. The summed E-state index contributed by atoms with van der Waals surface area (Å²) in [4.78, 5) is 5.99. The van der Waals surface area contributed by atoms with Crippen LogP contribution in [0.3, 0.4) is 0 Å². The third-order valence-corrected chi connectivity index (χ3v) is 9.37. The molecule has 0 saturated carbocycles. The molecule has 216 valence electrons. The molecule has 3 heterocycles. The summed E-state index contributed by atoms with van der Waals surface area (Å²) in [6, 6.07) is 44.8. The molecule has 0 amide bonds. The number of aromatic nitrogens is 2. The molecule has 5 heteroatoms. The average Bonchev–Trinajstić information content (AvgIpc) is 3.62. The van der Waals surface area contributed by atoms with E-state index in [-0.39, 0.29) is 6.04 Å². The van der Waals surface area contributed by atoms with Gasteiger partial charge >= 0.3 is 0 Å². The van der Waals surface area contributed by atoms with Crippen molar-refractivity contribution in [2.24, 2.45) is 0 Å². The maximum absolute atomic E-state index is 9.90. The summed E-state index contributed by atoms with van der Waals surface area (Å²) >= 11 is 0. The van der Waals surface area contributed by atoms with Gasteiger partial charge in [0.25, 0.3) is 0 Å². The van der Waals surface area contributed by atoms with E-state index in [1.54, 1.807) is 0 Å². The summed E-state index contributed by atoms with van der Waals surface area (Å²) in [5.41, 5.74) is 12.4. The molecular formula is C41H27N5. The second-order valence-electron chi connectivity index (χ2n) is 12.2. The standard InChI is InChI=1S/C41H27N5/c1-25(2)44-37-21-26(24-42)13-18-34(37)46-36-20-19-35-39(31-11-7-8-12-33(31)45(35)30-9-5-4-6-10-30)40(36)32-22-28(23-38(44)41(32)46)27-14-16-29(43-3)17-15-27/h4-23,25H,1-2H3. The minimum Gasteiger partial charge on any atom is -0.335 e. The van der Waals surface area contributed by atoms with Gasteiger partial charge in [0.1, 0.15) is 0 Å². The highest BCUT2D eigenvalue weighted by molar-refractivity contribution is 6.31. The van der Waals surface area contributed by atoms with Crippen molar-refractivity contribution in [2.45, 2.75) is 19.9 Å². The number of hydrogen-bond donors (Lipinski definition) is 0. The lowest BCUT2D eigenvalue weighted by Gasteiger charge is -2.36. The fraction of sp³-hybridized carbons (Fsp3) is 0.0732. The molecule has 0 N–H and O–H groups in total. The van der Waals surface area contributed by atoms with Gasteiger partial charge in [0.15, 0.2) is 5.69 Å². The fourth-order valence-electron chi connectivity index (χ4n) is 7.52. The molecule has 46 heavy (non-hydrogen) atoms. The minimum absolute atomic E-state index is 0.141. The summed E-state index contributed by atoms with van der Waals surface area (Å²) in [5.74, 6) is 0. The Balaban J connectivity index is 1.51. The molecule has 9 rings (SSSR count). The van der Waals surface area contributed by atoms with Crippen LogP contribution in [0, 0.1) is 17.9 Å². The highest BCUT2D eigenvalue weighted by atomic mass is 15.2. The third-order valence-electron chi connectivity index (χ3n) is 9.37. The highest BCUT2D eigenvalue weighted by Gasteiger charge is 2.31. The Morgan fingerprint density at radius 2 is 1.35 bits per heavy atom. The van der Waals surface area contributed by atoms with Crippen LogP contribution in [-0.4, -0.2) is 15.2 Å². The Morgan fingerprint density at radius 1 is 0.630 bits per heavy atom. The first-order valence-electron chi connectivity index (χ1n) is 15.5. The van der Waals surface area contributed by atoms with E-state index in [4.69, 9.17) is 6.57 Å². The van der Waals surface area contributed by atoms with Gasteiger partial charge < -0.3 is 14.0 Å². The van der Waals surface area contributed by atoms with Gasteiger partial charge in [-0.25, -0.2) is 4.85 Å². The first-order valence-corrected chi connectivity index (χ1v) is 15.5. The molecular weight excluding hydrogens is 562 g/mol. The molecule has 0 radical (unpaired) electrons. The molecule has 5 nitrogen and oxygen atoms in total. The zero-order valence-electron chi connectivity index (χ0n) is 25.4. The predicted molar refractivity (Wildman–Crippen MR) is 189 cm³/mol. The number of para-hydroxylation sites is 2. The molecule has 2 aromatic heterocycles. The normalized spacial score (nSPS) is 12.2. The van der Waals surface area contributed by atoms with Crippen molar-refractivity contribution < 1.29 is 0 Å². The van der Waals surface area contributed by atoms with Gasteiger partial charge in [-0.1, -0.05) is 60.7 Å². The summed E-state index contributed by atoms with van der Waals surface area (Å²) in [6.07, 6.45) is 0. The lowest BCUT2D eigenvalue weighted by atomic mass is 9.97. The van der Waals surface area contributed by atoms with E-state index in [1.807, 2.05) is 36.4 Å². The van der Waals surface area contributed by atoms with E-state index in [2.05, 4.69) is 124 Å². The molecule has 1 aliphatic heterocycles. The highest BCUT2D eigenvalue weighted by Crippen LogP contribution is 2.51. The van der Waals surface area contributed by atoms with Gasteiger partial charge in [-0.2, -0.15) is 5.26 Å². The monoisotopic (exact) mass is 589 g/mol. The van der Waals surface area contributed by atoms with Crippen LogP contribution in [0.1, 0.15) is 19.4 Å². The molecule has 0 spiro atoms. The van der Waals surface area contributed by atoms with Gasteiger partial charge in [-0.3, -0.25) is 0 Å². The van der Waals surface area contributed by atoms with Gasteiger partial charge in [0, 0.05) is 33.3 Å². The maximum atomic E-state index is 9.90. The Hall–Kier alpha value is -6.30. The van der Waals surface area contributed by atoms with Crippen molar-refractivity contribution >= 4 is 60.7 Å². The topological polar surface area (TPSA) is 41.2 Å². The van der Waals surface area contributed by atoms with Crippen LogP contribution >= 0.6 is 0 Å². The molecule has 0 atom stereocenters. The molecule has 0 bridgehead atoms. The molecule has 0 fully saturated rings. The quantitative estimate of drug-likeness (QED) is 0.192. The zero-order valence-corrected chi connectivity index (χ0v) is 25.4. The van der Waals surface area contributed by atoms with Crippen LogP contribution in [0.2, 0.25) is 0 Å². The summed E-state index contributed by atoms with van der Waals surface area (Å²) in [6.45, 7) is 11.9. The predicted octanol–water partition coefficient (Wildman–Crippen LogP) is 10.8. The lowest BCUT2D eigenvalue weighted by Crippen LogP contribution is -2.29. The average molecular weight is 590 g/mol. The Bertz CT molecular complexity index is 2620. The largest absolute Gasteiger partial charge is 0.335 e. The van der Waals surface area contributed by atoms with Crippen molar-refractivity contribution in [1.29, 1.82) is 5.26 Å². The van der Waals surface area contributed by atoms with Crippen LogP contribution in [0.4, 0.5) is 17.1 Å². The number of fused-ring (bicyclic) bond motifs is 9. The Morgan fingerprint density at radius 3 is 2.09 bits per heavy atom. The molecule has 8 aromatic rings. The first kappa shape index (κ1) is 26.1. The molecule has 0 aliphatic carbocycles. The van der Waals surface area contributed by atoms with Crippen molar-refractivity contribution in [1.82, 2.24) is 9.13 Å². The van der Waals surface area contributed by atoms with Crippen molar-refractivity contribution in [2.75, 3.05) is 4.90 Å². The number of nitriles is 1. The number of anilines is 2. The van der Waals surface area contributed by atoms with E-state index in [0.29, 0.717) is 11.3 Å². The van der Waals surface area contributed by atoms with Crippen LogP contribution in [0.15, 0.2) is 121 Å². The van der Waals surface area contributed by atoms with Crippen molar-refractivity contribution in [3.05, 3.63) is 138 Å². The molecule has 6 aromatic carbocycles. The molecule has 1 aliphatic rings. The Kier molecular flexibility index (Phi) is 5.45. The van der Waals surface area contributed by atoms with Crippen LogP contribution in [0.5, 0.6) is 0 Å². The fourth-order valence-corrected chi connectivity index (χ4v) is 7.52. The van der Waals surface area contributed by atoms with E-state index < -0.39 is 0 Å². The second-order valence-corrected chi connectivity index (χ2v) is 12.2. The van der Waals surface area contributed by atoms with E-state index in [0.717, 1.165) is 50.4 Å². The van der Waals surface area contributed by atoms with Crippen molar-refractivity contribution in [3.63, 3.8) is 0 Å². The summed E-state index contributed by atoms with van der Waals surface area (Å²) in [7, 11) is 0. The molecule has 0 unspecified atom stereocenters. The lowest BCUT2D eigenvalue weighted by molar-refractivity contribution is 0.781. The van der Waals surface area contributed by atoms with E-state index in [9.17, 15) is 5.26 Å². The van der Waals surface area contributed by atoms with Gasteiger partial charge in [0.2, 0.25) is 0 Å². The van der Waals surface area contributed by atoms with Crippen LogP contribution < -0.4 is 4.90 Å². The van der Waals surface area contributed by atoms with Gasteiger partial charge in [0.05, 0.1) is 57.3 Å². The van der Waals surface area contributed by atoms with E-state index >= 15 is 0 Å². The number of hydrogen-bond acceptors (Lipinski definition) is 2. The minimum atomic E-state index is 0.141. The SMILES string of the molecule is [C-]#[N+]c1ccc(-c2cc3c4c(c2)c2c5c6ccccc6n(-c6ccccc6)c5ccc2n4-c2ccc(C#N)cc2N3C(C)C)cc1. The third kappa shape index (κ3) is 3.49. The second kappa shape index (κ2) is 9.60. The Labute approximate surface area is 266 Å². The first-order chi connectivity index (χ1) is 22.6.